The summed E-state index contributed by atoms with van der Waals surface area (Å²) in [5.41, 5.74) is 2.14. The number of aryl methyl sites for hydroxylation is 1. The minimum atomic E-state index is -3.59. The van der Waals surface area contributed by atoms with Crippen LogP contribution in [-0.2, 0) is 14.6 Å². The summed E-state index contributed by atoms with van der Waals surface area (Å²) < 4.78 is 24.5. The molecule has 1 aliphatic carbocycles. The van der Waals surface area contributed by atoms with Gasteiger partial charge in [-0.15, -0.1) is 0 Å². The number of carboxylic acids is 1. The third-order valence-electron chi connectivity index (χ3n) is 3.99. The summed E-state index contributed by atoms with van der Waals surface area (Å²) in [5, 5.41) is 8.23. The zero-order chi connectivity index (χ0) is 14.8. The number of benzene rings is 1. The van der Waals surface area contributed by atoms with Gasteiger partial charge in [0.25, 0.3) is 0 Å². The minimum absolute atomic E-state index is 0.0753. The van der Waals surface area contributed by atoms with Gasteiger partial charge in [0.05, 0.1) is 5.25 Å². The van der Waals surface area contributed by atoms with E-state index >= 15 is 0 Å². The lowest BCUT2D eigenvalue weighted by molar-refractivity contribution is -0.134. The Morgan fingerprint density at radius 1 is 1.20 bits per heavy atom. The Morgan fingerprint density at radius 2 is 1.80 bits per heavy atom. The van der Waals surface area contributed by atoms with Crippen molar-refractivity contribution in [1.29, 1.82) is 0 Å². The molecule has 0 amide bonds. The average molecular weight is 296 g/mol. The van der Waals surface area contributed by atoms with E-state index in [1.165, 1.54) is 0 Å². The quantitative estimate of drug-likeness (QED) is 0.926. The molecule has 1 fully saturated rings. The standard InChI is InChI=1S/C15H20O4S/c1-11-6-8-12(9-7-11)13-4-2-3-5-14(13)20(18,19)10-15(16)17/h6-9,13-14H,2-5,10H2,1H3,(H,16,17)/t13-,14+/m1/s1. The molecule has 0 aliphatic heterocycles. The first-order chi connectivity index (χ1) is 9.40. The van der Waals surface area contributed by atoms with Crippen LogP contribution in [0.3, 0.4) is 0 Å². The zero-order valence-corrected chi connectivity index (χ0v) is 12.4. The molecular weight excluding hydrogens is 276 g/mol. The third kappa shape index (κ3) is 3.39. The van der Waals surface area contributed by atoms with Gasteiger partial charge in [0.15, 0.2) is 9.84 Å². The molecule has 1 aliphatic rings. The van der Waals surface area contributed by atoms with Crippen LogP contribution in [0.5, 0.6) is 0 Å². The van der Waals surface area contributed by atoms with Crippen LogP contribution in [0.25, 0.3) is 0 Å². The third-order valence-corrected chi connectivity index (χ3v) is 6.13. The summed E-state index contributed by atoms with van der Waals surface area (Å²) in [6, 6.07) is 7.89. The molecule has 2 atom stereocenters. The molecule has 4 nitrogen and oxygen atoms in total. The van der Waals surface area contributed by atoms with Crippen LogP contribution in [0.2, 0.25) is 0 Å². The smallest absolute Gasteiger partial charge is 0.318 e. The lowest BCUT2D eigenvalue weighted by Gasteiger charge is -2.31. The molecule has 5 heteroatoms. The molecule has 0 saturated heterocycles. The first-order valence-electron chi connectivity index (χ1n) is 6.90. The van der Waals surface area contributed by atoms with E-state index in [4.69, 9.17) is 5.11 Å². The van der Waals surface area contributed by atoms with Crippen LogP contribution >= 0.6 is 0 Å². The van der Waals surface area contributed by atoms with Crippen molar-refractivity contribution >= 4 is 15.8 Å². The normalized spacial score (nSPS) is 23.4. The Labute approximate surface area is 119 Å². The summed E-state index contributed by atoms with van der Waals surface area (Å²) >= 11 is 0. The first-order valence-corrected chi connectivity index (χ1v) is 8.61. The Morgan fingerprint density at radius 3 is 2.40 bits per heavy atom. The lowest BCUT2D eigenvalue weighted by atomic mass is 9.83. The van der Waals surface area contributed by atoms with Gasteiger partial charge in [-0.3, -0.25) is 4.79 Å². The summed E-state index contributed by atoms with van der Waals surface area (Å²) in [6.07, 6.45) is 3.23. The molecule has 0 spiro atoms. The summed E-state index contributed by atoms with van der Waals surface area (Å²) in [4.78, 5) is 10.8. The fourth-order valence-electron chi connectivity index (χ4n) is 3.00. The highest BCUT2D eigenvalue weighted by molar-refractivity contribution is 7.92. The fraction of sp³-hybridized carbons (Fsp3) is 0.533. The van der Waals surface area contributed by atoms with Crippen LogP contribution in [0.15, 0.2) is 24.3 Å². The van der Waals surface area contributed by atoms with Crippen molar-refractivity contribution in [1.82, 2.24) is 0 Å². The van der Waals surface area contributed by atoms with Crippen LogP contribution in [0.1, 0.15) is 42.7 Å². The van der Waals surface area contributed by atoms with E-state index in [1.54, 1.807) is 0 Å². The van der Waals surface area contributed by atoms with Crippen molar-refractivity contribution in [2.45, 2.75) is 43.8 Å². The van der Waals surface area contributed by atoms with Gasteiger partial charge < -0.3 is 5.11 Å². The number of sulfone groups is 1. The SMILES string of the molecule is Cc1ccc([C@H]2CCCC[C@@H]2S(=O)(=O)CC(=O)O)cc1. The molecule has 1 aromatic rings. The number of aliphatic carboxylic acids is 1. The maximum atomic E-state index is 12.3. The Hall–Kier alpha value is -1.36. The van der Waals surface area contributed by atoms with Gasteiger partial charge in [-0.1, -0.05) is 42.7 Å². The summed E-state index contributed by atoms with van der Waals surface area (Å²) in [5.74, 6) is -2.10. The lowest BCUT2D eigenvalue weighted by Crippen LogP contribution is -2.35. The van der Waals surface area contributed by atoms with Gasteiger partial charge >= 0.3 is 5.97 Å². The molecule has 0 radical (unpaired) electrons. The zero-order valence-electron chi connectivity index (χ0n) is 11.6. The summed E-state index contributed by atoms with van der Waals surface area (Å²) in [6.45, 7) is 1.99. The molecule has 0 unspecified atom stereocenters. The number of rotatable bonds is 4. The van der Waals surface area contributed by atoms with Gasteiger partial charge in [-0.2, -0.15) is 0 Å². The van der Waals surface area contributed by atoms with E-state index in [9.17, 15) is 13.2 Å². The van der Waals surface area contributed by atoms with Crippen LogP contribution in [0.4, 0.5) is 0 Å². The van der Waals surface area contributed by atoms with Crippen LogP contribution in [0, 0.1) is 6.92 Å². The van der Waals surface area contributed by atoms with Gasteiger partial charge in [-0.25, -0.2) is 8.42 Å². The highest BCUT2D eigenvalue weighted by Crippen LogP contribution is 2.37. The first kappa shape index (κ1) is 15.0. The van der Waals surface area contributed by atoms with Crippen molar-refractivity contribution in [3.8, 4) is 0 Å². The Bertz CT molecular complexity index is 574. The van der Waals surface area contributed by atoms with Gasteiger partial charge in [0.1, 0.15) is 5.75 Å². The molecule has 1 N–H and O–H groups in total. The largest absolute Gasteiger partial charge is 0.480 e. The predicted molar refractivity (Wildman–Crippen MR) is 77.6 cm³/mol. The van der Waals surface area contributed by atoms with Crippen molar-refractivity contribution in [3.63, 3.8) is 0 Å². The number of carbonyl (C=O) groups is 1. The molecular formula is C15H20O4S. The van der Waals surface area contributed by atoms with Crippen molar-refractivity contribution in [2.75, 3.05) is 5.75 Å². The Balaban J connectivity index is 2.30. The topological polar surface area (TPSA) is 71.4 Å². The molecule has 20 heavy (non-hydrogen) atoms. The molecule has 0 bridgehead atoms. The Kier molecular flexibility index (Phi) is 4.48. The number of hydrogen-bond acceptors (Lipinski definition) is 3. The van der Waals surface area contributed by atoms with Crippen molar-refractivity contribution in [3.05, 3.63) is 35.4 Å². The second-order valence-electron chi connectivity index (χ2n) is 5.54. The molecule has 1 saturated carbocycles. The van der Waals surface area contributed by atoms with Gasteiger partial charge in [0, 0.05) is 5.92 Å². The predicted octanol–water partition coefficient (Wildman–Crippen LogP) is 2.52. The van der Waals surface area contributed by atoms with E-state index in [2.05, 4.69) is 0 Å². The van der Waals surface area contributed by atoms with Gasteiger partial charge in [0.2, 0.25) is 0 Å². The molecule has 0 heterocycles. The number of hydrogen-bond donors (Lipinski definition) is 1. The second-order valence-corrected chi connectivity index (χ2v) is 7.76. The molecule has 1 aromatic carbocycles. The maximum Gasteiger partial charge on any atom is 0.318 e. The minimum Gasteiger partial charge on any atom is -0.480 e. The highest BCUT2D eigenvalue weighted by Gasteiger charge is 2.37. The number of carboxylic acid groups (broad SMARTS) is 1. The van der Waals surface area contributed by atoms with Crippen LogP contribution < -0.4 is 0 Å². The molecule has 110 valence electrons. The molecule has 2 rings (SSSR count). The summed E-state index contributed by atoms with van der Waals surface area (Å²) in [7, 11) is -3.59. The average Bonchev–Trinajstić information content (AvgIpc) is 2.38. The highest BCUT2D eigenvalue weighted by atomic mass is 32.2. The fourth-order valence-corrected chi connectivity index (χ4v) is 4.88. The maximum absolute atomic E-state index is 12.3. The van der Waals surface area contributed by atoms with Gasteiger partial charge in [-0.05, 0) is 25.3 Å². The van der Waals surface area contributed by atoms with Crippen molar-refractivity contribution < 1.29 is 18.3 Å². The van der Waals surface area contributed by atoms with Crippen molar-refractivity contribution in [2.24, 2.45) is 0 Å². The second kappa shape index (κ2) is 5.95. The van der Waals surface area contributed by atoms with E-state index in [0.717, 1.165) is 30.4 Å². The van der Waals surface area contributed by atoms with E-state index in [0.29, 0.717) is 6.42 Å². The van der Waals surface area contributed by atoms with E-state index < -0.39 is 26.8 Å². The van der Waals surface area contributed by atoms with E-state index in [1.807, 2.05) is 31.2 Å². The monoisotopic (exact) mass is 296 g/mol. The van der Waals surface area contributed by atoms with E-state index in [-0.39, 0.29) is 5.92 Å². The van der Waals surface area contributed by atoms with Crippen LogP contribution in [-0.4, -0.2) is 30.5 Å². The molecule has 0 aromatic heterocycles.